The minimum Gasteiger partial charge on any atom is -0.379 e. The standard InChI is InChI=1S/C10H12BrN3O3/c11-9-4-8(14(15)16)5-12-10(9)13-7-2-1-3-17-6-7/h4-5,7H,1-3,6H2,(H,12,13)/t7-/m0/s1. The van der Waals surface area contributed by atoms with Crippen molar-refractivity contribution in [2.45, 2.75) is 18.9 Å². The number of rotatable bonds is 3. The molecule has 0 aromatic carbocycles. The summed E-state index contributed by atoms with van der Waals surface area (Å²) in [4.78, 5) is 14.1. The molecule has 1 aliphatic heterocycles. The smallest absolute Gasteiger partial charge is 0.288 e. The van der Waals surface area contributed by atoms with E-state index in [-0.39, 0.29) is 11.7 Å². The van der Waals surface area contributed by atoms with Crippen LogP contribution >= 0.6 is 15.9 Å². The fourth-order valence-electron chi connectivity index (χ4n) is 1.68. The summed E-state index contributed by atoms with van der Waals surface area (Å²) in [5.41, 5.74) is -0.0256. The van der Waals surface area contributed by atoms with E-state index in [1.807, 2.05) is 0 Å². The first-order chi connectivity index (χ1) is 8.16. The van der Waals surface area contributed by atoms with E-state index in [4.69, 9.17) is 4.74 Å². The van der Waals surface area contributed by atoms with Crippen LogP contribution in [0.4, 0.5) is 11.5 Å². The Kier molecular flexibility index (Phi) is 3.90. The molecule has 0 spiro atoms. The molecule has 1 aliphatic rings. The maximum atomic E-state index is 10.6. The van der Waals surface area contributed by atoms with Gasteiger partial charge in [-0.25, -0.2) is 4.98 Å². The van der Waals surface area contributed by atoms with Gasteiger partial charge in [0.1, 0.15) is 12.0 Å². The number of anilines is 1. The van der Waals surface area contributed by atoms with Crippen LogP contribution in [0.3, 0.4) is 0 Å². The molecule has 92 valence electrons. The third kappa shape index (κ3) is 3.13. The molecule has 1 aromatic heterocycles. The molecule has 0 amide bonds. The number of hydrogen-bond acceptors (Lipinski definition) is 5. The first kappa shape index (κ1) is 12.3. The average molecular weight is 302 g/mol. The van der Waals surface area contributed by atoms with E-state index in [9.17, 15) is 10.1 Å². The molecule has 0 saturated carbocycles. The maximum Gasteiger partial charge on any atom is 0.288 e. The van der Waals surface area contributed by atoms with Gasteiger partial charge in [0, 0.05) is 12.7 Å². The molecule has 0 unspecified atom stereocenters. The summed E-state index contributed by atoms with van der Waals surface area (Å²) in [6.07, 6.45) is 3.28. The number of nitro groups is 1. The SMILES string of the molecule is O=[N+]([O-])c1cnc(N[C@H]2CCCOC2)c(Br)c1. The van der Waals surface area contributed by atoms with Gasteiger partial charge in [0.05, 0.1) is 22.0 Å². The Labute approximate surface area is 107 Å². The number of halogens is 1. The minimum absolute atomic E-state index is 0.0256. The van der Waals surface area contributed by atoms with Crippen LogP contribution in [-0.4, -0.2) is 29.2 Å². The van der Waals surface area contributed by atoms with Crippen molar-refractivity contribution in [1.82, 2.24) is 4.98 Å². The third-order valence-electron chi connectivity index (χ3n) is 2.54. The van der Waals surface area contributed by atoms with Crippen LogP contribution in [0.1, 0.15) is 12.8 Å². The van der Waals surface area contributed by atoms with E-state index in [2.05, 4.69) is 26.2 Å². The molecular weight excluding hydrogens is 290 g/mol. The molecule has 1 atom stereocenters. The highest BCUT2D eigenvalue weighted by atomic mass is 79.9. The monoisotopic (exact) mass is 301 g/mol. The lowest BCUT2D eigenvalue weighted by molar-refractivity contribution is -0.385. The molecule has 0 aliphatic carbocycles. The van der Waals surface area contributed by atoms with Gasteiger partial charge in [-0.3, -0.25) is 10.1 Å². The molecule has 0 bridgehead atoms. The van der Waals surface area contributed by atoms with Gasteiger partial charge in [-0.1, -0.05) is 0 Å². The van der Waals surface area contributed by atoms with Gasteiger partial charge in [0.2, 0.25) is 0 Å². The molecule has 1 saturated heterocycles. The van der Waals surface area contributed by atoms with E-state index in [0.29, 0.717) is 16.9 Å². The van der Waals surface area contributed by atoms with Crippen molar-refractivity contribution >= 4 is 27.4 Å². The summed E-state index contributed by atoms with van der Waals surface area (Å²) in [5.74, 6) is 0.617. The third-order valence-corrected chi connectivity index (χ3v) is 3.14. The lowest BCUT2D eigenvalue weighted by atomic mass is 10.1. The Hall–Kier alpha value is -1.21. The van der Waals surface area contributed by atoms with Crippen LogP contribution in [0.25, 0.3) is 0 Å². The van der Waals surface area contributed by atoms with Crippen molar-refractivity contribution in [2.75, 3.05) is 18.5 Å². The van der Waals surface area contributed by atoms with Crippen molar-refractivity contribution in [3.8, 4) is 0 Å². The van der Waals surface area contributed by atoms with Crippen molar-refractivity contribution in [3.63, 3.8) is 0 Å². The lowest BCUT2D eigenvalue weighted by Gasteiger charge is -2.23. The van der Waals surface area contributed by atoms with Crippen LogP contribution in [0.15, 0.2) is 16.7 Å². The summed E-state index contributed by atoms with van der Waals surface area (Å²) < 4.78 is 5.94. The van der Waals surface area contributed by atoms with Crippen LogP contribution in [-0.2, 0) is 4.74 Å². The Balaban J connectivity index is 2.08. The highest BCUT2D eigenvalue weighted by Gasteiger charge is 2.17. The molecule has 7 heteroatoms. The Morgan fingerprint density at radius 1 is 1.65 bits per heavy atom. The van der Waals surface area contributed by atoms with Gasteiger partial charge in [0.15, 0.2) is 0 Å². The first-order valence-electron chi connectivity index (χ1n) is 5.31. The fraction of sp³-hybridized carbons (Fsp3) is 0.500. The molecule has 1 N–H and O–H groups in total. The fourth-order valence-corrected chi connectivity index (χ4v) is 2.13. The molecule has 2 rings (SSSR count). The number of nitrogens with one attached hydrogen (secondary N) is 1. The summed E-state index contributed by atoms with van der Waals surface area (Å²) >= 11 is 3.27. The lowest BCUT2D eigenvalue weighted by Crippen LogP contribution is -2.30. The second-order valence-corrected chi connectivity index (χ2v) is 4.69. The van der Waals surface area contributed by atoms with Gasteiger partial charge in [-0.15, -0.1) is 0 Å². The van der Waals surface area contributed by atoms with E-state index < -0.39 is 4.92 Å². The Morgan fingerprint density at radius 2 is 2.47 bits per heavy atom. The Bertz CT molecular complexity index is 421. The predicted molar refractivity (Wildman–Crippen MR) is 66.1 cm³/mol. The zero-order chi connectivity index (χ0) is 12.3. The zero-order valence-electron chi connectivity index (χ0n) is 9.06. The first-order valence-corrected chi connectivity index (χ1v) is 6.10. The van der Waals surface area contributed by atoms with Crippen LogP contribution in [0.2, 0.25) is 0 Å². The van der Waals surface area contributed by atoms with Crippen LogP contribution in [0.5, 0.6) is 0 Å². The summed E-state index contributed by atoms with van der Waals surface area (Å²) in [5, 5.41) is 13.8. The average Bonchev–Trinajstić information content (AvgIpc) is 2.33. The molecule has 17 heavy (non-hydrogen) atoms. The summed E-state index contributed by atoms with van der Waals surface area (Å²) in [7, 11) is 0. The molecule has 6 nitrogen and oxygen atoms in total. The predicted octanol–water partition coefficient (Wildman–Crippen LogP) is 2.34. The molecule has 0 radical (unpaired) electrons. The van der Waals surface area contributed by atoms with Gasteiger partial charge in [0.25, 0.3) is 5.69 Å². The van der Waals surface area contributed by atoms with E-state index in [1.54, 1.807) is 0 Å². The van der Waals surface area contributed by atoms with Gasteiger partial charge >= 0.3 is 0 Å². The molecule has 1 fully saturated rings. The highest BCUT2D eigenvalue weighted by molar-refractivity contribution is 9.10. The van der Waals surface area contributed by atoms with Crippen molar-refractivity contribution < 1.29 is 9.66 Å². The number of pyridine rings is 1. The second-order valence-electron chi connectivity index (χ2n) is 3.84. The van der Waals surface area contributed by atoms with Crippen LogP contribution in [0, 0.1) is 10.1 Å². The molecule has 1 aromatic rings. The zero-order valence-corrected chi connectivity index (χ0v) is 10.6. The highest BCUT2D eigenvalue weighted by Crippen LogP contribution is 2.25. The number of nitrogens with zero attached hydrogens (tertiary/aromatic N) is 2. The van der Waals surface area contributed by atoms with Gasteiger partial charge in [-0.05, 0) is 28.8 Å². The largest absolute Gasteiger partial charge is 0.379 e. The second kappa shape index (κ2) is 5.42. The minimum atomic E-state index is -0.467. The normalized spacial score (nSPS) is 19.9. The van der Waals surface area contributed by atoms with Crippen molar-refractivity contribution in [2.24, 2.45) is 0 Å². The van der Waals surface area contributed by atoms with E-state index >= 15 is 0 Å². The van der Waals surface area contributed by atoms with Crippen molar-refractivity contribution in [1.29, 1.82) is 0 Å². The molecular formula is C10H12BrN3O3. The number of aromatic nitrogens is 1. The molecule has 2 heterocycles. The number of hydrogen-bond donors (Lipinski definition) is 1. The van der Waals surface area contributed by atoms with E-state index in [0.717, 1.165) is 19.4 Å². The number of ether oxygens (including phenoxy) is 1. The Morgan fingerprint density at radius 3 is 3.06 bits per heavy atom. The summed E-state index contributed by atoms with van der Waals surface area (Å²) in [6, 6.07) is 1.66. The van der Waals surface area contributed by atoms with E-state index in [1.165, 1.54) is 12.3 Å². The van der Waals surface area contributed by atoms with Gasteiger partial charge in [-0.2, -0.15) is 0 Å². The van der Waals surface area contributed by atoms with Crippen LogP contribution < -0.4 is 5.32 Å². The maximum absolute atomic E-state index is 10.6. The van der Waals surface area contributed by atoms with Gasteiger partial charge < -0.3 is 10.1 Å². The summed E-state index contributed by atoms with van der Waals surface area (Å²) in [6.45, 7) is 1.44. The van der Waals surface area contributed by atoms with Crippen molar-refractivity contribution in [3.05, 3.63) is 26.9 Å². The topological polar surface area (TPSA) is 77.3 Å². The quantitative estimate of drug-likeness (QED) is 0.685.